The van der Waals surface area contributed by atoms with Crippen LogP contribution in [0.1, 0.15) is 48.7 Å². The molecule has 0 spiro atoms. The van der Waals surface area contributed by atoms with E-state index in [4.69, 9.17) is 0 Å². The van der Waals surface area contributed by atoms with Gasteiger partial charge in [0.15, 0.2) is 0 Å². The molecule has 20 heavy (non-hydrogen) atoms. The Morgan fingerprint density at radius 1 is 1.20 bits per heavy atom. The molecule has 0 aromatic carbocycles. The molecule has 2 saturated carbocycles. The van der Waals surface area contributed by atoms with Crippen molar-refractivity contribution in [1.82, 2.24) is 5.32 Å². The molecule has 2 aliphatic carbocycles. The van der Waals surface area contributed by atoms with Gasteiger partial charge in [0, 0.05) is 12.0 Å². The first-order valence-corrected chi connectivity index (χ1v) is 8.15. The molecule has 1 aromatic rings. The fourth-order valence-electron chi connectivity index (χ4n) is 2.69. The SMILES string of the molecule is CC1CCC(NC(=O)c2ccc(NC(=O)C3CC3)s2)C1. The number of hydrogen-bond donors (Lipinski definition) is 2. The Kier molecular flexibility index (Phi) is 3.78. The topological polar surface area (TPSA) is 58.2 Å². The van der Waals surface area contributed by atoms with Gasteiger partial charge >= 0.3 is 0 Å². The Hall–Kier alpha value is -1.36. The number of nitrogens with one attached hydrogen (secondary N) is 2. The third-order valence-corrected chi connectivity index (χ3v) is 5.05. The van der Waals surface area contributed by atoms with Gasteiger partial charge in [0.05, 0.1) is 9.88 Å². The van der Waals surface area contributed by atoms with Crippen molar-refractivity contribution in [2.75, 3.05) is 5.32 Å². The Morgan fingerprint density at radius 3 is 2.65 bits per heavy atom. The van der Waals surface area contributed by atoms with Crippen LogP contribution in [0.25, 0.3) is 0 Å². The highest BCUT2D eigenvalue weighted by Gasteiger charge is 2.30. The lowest BCUT2D eigenvalue weighted by molar-refractivity contribution is -0.117. The Bertz CT molecular complexity index is 522. The minimum Gasteiger partial charge on any atom is -0.349 e. The highest BCUT2D eigenvalue weighted by molar-refractivity contribution is 7.18. The molecule has 4 nitrogen and oxygen atoms in total. The predicted octanol–water partition coefficient (Wildman–Crippen LogP) is 3.02. The summed E-state index contributed by atoms with van der Waals surface area (Å²) < 4.78 is 0. The van der Waals surface area contributed by atoms with Crippen LogP contribution in [0.2, 0.25) is 0 Å². The van der Waals surface area contributed by atoms with E-state index in [0.29, 0.717) is 16.8 Å². The molecule has 1 aromatic heterocycles. The maximum absolute atomic E-state index is 12.1. The predicted molar refractivity (Wildman–Crippen MR) is 79.9 cm³/mol. The average Bonchev–Trinajstić information content (AvgIpc) is 3.04. The zero-order chi connectivity index (χ0) is 14.1. The summed E-state index contributed by atoms with van der Waals surface area (Å²) in [5, 5.41) is 6.74. The van der Waals surface area contributed by atoms with Crippen LogP contribution in [0.3, 0.4) is 0 Å². The molecular weight excluding hydrogens is 272 g/mol. The summed E-state index contributed by atoms with van der Waals surface area (Å²) in [6.07, 6.45) is 5.32. The standard InChI is InChI=1S/C15H20N2O2S/c1-9-2-5-11(8-9)16-15(19)12-6-7-13(20-12)17-14(18)10-3-4-10/h6-7,9-11H,2-5,8H2,1H3,(H,16,19)(H,17,18). The summed E-state index contributed by atoms with van der Waals surface area (Å²) in [5.41, 5.74) is 0. The summed E-state index contributed by atoms with van der Waals surface area (Å²) in [6.45, 7) is 2.23. The van der Waals surface area contributed by atoms with E-state index >= 15 is 0 Å². The number of carbonyl (C=O) groups excluding carboxylic acids is 2. The molecule has 108 valence electrons. The van der Waals surface area contributed by atoms with Crippen molar-refractivity contribution in [3.8, 4) is 0 Å². The maximum atomic E-state index is 12.1. The largest absolute Gasteiger partial charge is 0.349 e. The zero-order valence-corrected chi connectivity index (χ0v) is 12.5. The van der Waals surface area contributed by atoms with Gasteiger partial charge in [-0.15, -0.1) is 11.3 Å². The van der Waals surface area contributed by atoms with Crippen molar-refractivity contribution in [3.05, 3.63) is 17.0 Å². The van der Waals surface area contributed by atoms with Gasteiger partial charge in [-0.05, 0) is 50.2 Å². The minimum absolute atomic E-state index is 0.0129. The van der Waals surface area contributed by atoms with Crippen LogP contribution in [0.4, 0.5) is 5.00 Å². The number of anilines is 1. The molecule has 2 fully saturated rings. The lowest BCUT2D eigenvalue weighted by Gasteiger charge is -2.11. The van der Waals surface area contributed by atoms with Gasteiger partial charge in [0.25, 0.3) is 5.91 Å². The third-order valence-electron chi connectivity index (χ3n) is 4.05. The number of hydrogen-bond acceptors (Lipinski definition) is 3. The number of carbonyl (C=O) groups is 2. The molecule has 1 heterocycles. The van der Waals surface area contributed by atoms with Crippen molar-refractivity contribution in [1.29, 1.82) is 0 Å². The van der Waals surface area contributed by atoms with Crippen LogP contribution in [0, 0.1) is 11.8 Å². The summed E-state index contributed by atoms with van der Waals surface area (Å²) in [4.78, 5) is 24.5. The second-order valence-electron chi connectivity index (χ2n) is 6.02. The maximum Gasteiger partial charge on any atom is 0.261 e. The quantitative estimate of drug-likeness (QED) is 0.896. The molecule has 0 radical (unpaired) electrons. The van der Waals surface area contributed by atoms with E-state index in [0.717, 1.165) is 30.7 Å². The molecule has 0 saturated heterocycles. The molecule has 2 atom stereocenters. The summed E-state index contributed by atoms with van der Waals surface area (Å²) in [5.74, 6) is 0.968. The number of amides is 2. The lowest BCUT2D eigenvalue weighted by Crippen LogP contribution is -2.32. The smallest absolute Gasteiger partial charge is 0.261 e. The van der Waals surface area contributed by atoms with Crippen molar-refractivity contribution < 1.29 is 9.59 Å². The number of thiophene rings is 1. The van der Waals surface area contributed by atoms with Gasteiger partial charge in [0.1, 0.15) is 0 Å². The van der Waals surface area contributed by atoms with Gasteiger partial charge < -0.3 is 10.6 Å². The third kappa shape index (κ3) is 3.20. The van der Waals surface area contributed by atoms with Crippen LogP contribution in [0.5, 0.6) is 0 Å². The molecule has 5 heteroatoms. The van der Waals surface area contributed by atoms with Crippen molar-refractivity contribution in [2.24, 2.45) is 11.8 Å². The minimum atomic E-state index is -0.0129. The van der Waals surface area contributed by atoms with Gasteiger partial charge in [-0.3, -0.25) is 9.59 Å². The van der Waals surface area contributed by atoms with Crippen LogP contribution in [0.15, 0.2) is 12.1 Å². The monoisotopic (exact) mass is 292 g/mol. The van der Waals surface area contributed by atoms with E-state index in [1.54, 1.807) is 6.07 Å². The van der Waals surface area contributed by atoms with Gasteiger partial charge in [-0.25, -0.2) is 0 Å². The second-order valence-corrected chi connectivity index (χ2v) is 7.10. The van der Waals surface area contributed by atoms with E-state index in [-0.39, 0.29) is 17.7 Å². The first-order valence-electron chi connectivity index (χ1n) is 7.33. The van der Waals surface area contributed by atoms with Crippen molar-refractivity contribution in [3.63, 3.8) is 0 Å². The summed E-state index contributed by atoms with van der Waals surface area (Å²) >= 11 is 1.35. The highest BCUT2D eigenvalue weighted by atomic mass is 32.1. The molecule has 0 bridgehead atoms. The first kappa shape index (κ1) is 13.6. The van der Waals surface area contributed by atoms with E-state index in [1.807, 2.05) is 6.07 Å². The van der Waals surface area contributed by atoms with Gasteiger partial charge in [-0.1, -0.05) is 6.92 Å². The van der Waals surface area contributed by atoms with Crippen molar-refractivity contribution >= 4 is 28.2 Å². The van der Waals surface area contributed by atoms with Gasteiger partial charge in [-0.2, -0.15) is 0 Å². The summed E-state index contributed by atoms with van der Waals surface area (Å²) in [6, 6.07) is 3.92. The highest BCUT2D eigenvalue weighted by Crippen LogP contribution is 2.32. The van der Waals surface area contributed by atoms with Crippen LogP contribution < -0.4 is 10.6 Å². The van der Waals surface area contributed by atoms with E-state index < -0.39 is 0 Å². The normalized spacial score (nSPS) is 25.4. The molecule has 3 rings (SSSR count). The van der Waals surface area contributed by atoms with Crippen LogP contribution >= 0.6 is 11.3 Å². The van der Waals surface area contributed by atoms with Crippen LogP contribution in [-0.4, -0.2) is 17.9 Å². The average molecular weight is 292 g/mol. The van der Waals surface area contributed by atoms with Gasteiger partial charge in [0.2, 0.25) is 5.91 Å². The molecule has 0 aliphatic heterocycles. The zero-order valence-electron chi connectivity index (χ0n) is 11.6. The number of rotatable bonds is 4. The summed E-state index contributed by atoms with van der Waals surface area (Å²) in [7, 11) is 0. The molecule has 2 amide bonds. The fourth-order valence-corrected chi connectivity index (χ4v) is 3.50. The lowest BCUT2D eigenvalue weighted by atomic mass is 10.1. The van der Waals surface area contributed by atoms with Crippen LogP contribution in [-0.2, 0) is 4.79 Å². The van der Waals surface area contributed by atoms with E-state index in [9.17, 15) is 9.59 Å². The molecular formula is C15H20N2O2S. The molecule has 2 N–H and O–H groups in total. The molecule has 2 unspecified atom stereocenters. The Labute approximate surface area is 122 Å². The fraction of sp³-hybridized carbons (Fsp3) is 0.600. The second kappa shape index (κ2) is 5.56. The van der Waals surface area contributed by atoms with E-state index in [2.05, 4.69) is 17.6 Å². The molecule has 2 aliphatic rings. The Balaban J connectivity index is 1.55. The first-order chi connectivity index (χ1) is 9.61. The Morgan fingerprint density at radius 2 is 2.00 bits per heavy atom. The van der Waals surface area contributed by atoms with E-state index in [1.165, 1.54) is 17.8 Å². The van der Waals surface area contributed by atoms with Crippen molar-refractivity contribution in [2.45, 2.75) is 45.1 Å².